The van der Waals surface area contributed by atoms with Crippen LogP contribution in [-0.4, -0.2) is 19.9 Å². The summed E-state index contributed by atoms with van der Waals surface area (Å²) in [5, 5.41) is 4.42. The third-order valence-corrected chi connectivity index (χ3v) is 4.55. The van der Waals surface area contributed by atoms with Gasteiger partial charge in [-0.15, -0.1) is 11.3 Å². The van der Waals surface area contributed by atoms with Crippen molar-refractivity contribution >= 4 is 17.2 Å². The van der Waals surface area contributed by atoms with E-state index < -0.39 is 0 Å². The van der Waals surface area contributed by atoms with Gasteiger partial charge in [0, 0.05) is 29.0 Å². The molecule has 6 heteroatoms. The first-order valence-corrected chi connectivity index (χ1v) is 8.57. The molecule has 0 aliphatic carbocycles. The molecular weight excluding hydrogens is 306 g/mol. The summed E-state index contributed by atoms with van der Waals surface area (Å²) in [6.07, 6.45) is 5.58. The molecule has 3 aromatic rings. The van der Waals surface area contributed by atoms with Crippen LogP contribution in [-0.2, 0) is 19.4 Å². The SMILES string of the molecule is CCc1cc(NCc2ncc(CC)s2)nc(-c2ccccn2)n1. The van der Waals surface area contributed by atoms with Crippen molar-refractivity contribution in [2.75, 3.05) is 5.32 Å². The summed E-state index contributed by atoms with van der Waals surface area (Å²) in [5.74, 6) is 1.46. The van der Waals surface area contributed by atoms with E-state index in [0.29, 0.717) is 12.4 Å². The van der Waals surface area contributed by atoms with E-state index >= 15 is 0 Å². The number of pyridine rings is 1. The van der Waals surface area contributed by atoms with Crippen molar-refractivity contribution in [3.63, 3.8) is 0 Å². The van der Waals surface area contributed by atoms with Crippen molar-refractivity contribution in [3.8, 4) is 11.5 Å². The van der Waals surface area contributed by atoms with Gasteiger partial charge in [0.2, 0.25) is 0 Å². The topological polar surface area (TPSA) is 63.6 Å². The van der Waals surface area contributed by atoms with Crippen LogP contribution in [0.3, 0.4) is 0 Å². The van der Waals surface area contributed by atoms with Crippen LogP contribution in [0.5, 0.6) is 0 Å². The second-order valence-electron chi connectivity index (χ2n) is 5.06. The van der Waals surface area contributed by atoms with Gasteiger partial charge in [-0.05, 0) is 25.0 Å². The van der Waals surface area contributed by atoms with Gasteiger partial charge in [-0.25, -0.2) is 15.0 Å². The van der Waals surface area contributed by atoms with Gasteiger partial charge in [0.05, 0.1) is 6.54 Å². The van der Waals surface area contributed by atoms with Crippen LogP contribution in [0.25, 0.3) is 11.5 Å². The molecule has 3 heterocycles. The fraction of sp³-hybridized carbons (Fsp3) is 0.294. The molecule has 0 spiro atoms. The molecule has 23 heavy (non-hydrogen) atoms. The van der Waals surface area contributed by atoms with Gasteiger partial charge in [0.15, 0.2) is 5.82 Å². The molecule has 0 saturated heterocycles. The highest BCUT2D eigenvalue weighted by Crippen LogP contribution is 2.18. The Morgan fingerprint density at radius 3 is 2.70 bits per heavy atom. The van der Waals surface area contributed by atoms with E-state index in [1.807, 2.05) is 30.5 Å². The molecule has 118 valence electrons. The molecule has 0 aliphatic rings. The van der Waals surface area contributed by atoms with Gasteiger partial charge >= 0.3 is 0 Å². The second-order valence-corrected chi connectivity index (χ2v) is 6.26. The van der Waals surface area contributed by atoms with Crippen LogP contribution in [0.4, 0.5) is 5.82 Å². The molecule has 3 aromatic heterocycles. The maximum atomic E-state index is 4.59. The Morgan fingerprint density at radius 1 is 1.09 bits per heavy atom. The molecule has 0 saturated carbocycles. The van der Waals surface area contributed by atoms with Gasteiger partial charge < -0.3 is 5.32 Å². The number of hydrogen-bond donors (Lipinski definition) is 1. The maximum Gasteiger partial charge on any atom is 0.180 e. The summed E-state index contributed by atoms with van der Waals surface area (Å²) in [6, 6.07) is 7.74. The molecule has 0 bridgehead atoms. The zero-order valence-electron chi connectivity index (χ0n) is 13.3. The summed E-state index contributed by atoms with van der Waals surface area (Å²) in [7, 11) is 0. The number of hydrogen-bond acceptors (Lipinski definition) is 6. The number of anilines is 1. The van der Waals surface area contributed by atoms with E-state index in [9.17, 15) is 0 Å². The van der Waals surface area contributed by atoms with Crippen LogP contribution in [0.1, 0.15) is 29.4 Å². The molecule has 0 radical (unpaired) electrons. The van der Waals surface area contributed by atoms with Crippen molar-refractivity contribution in [3.05, 3.63) is 52.2 Å². The molecule has 0 unspecified atom stereocenters. The molecule has 0 fully saturated rings. The smallest absolute Gasteiger partial charge is 0.180 e. The van der Waals surface area contributed by atoms with Crippen LogP contribution < -0.4 is 5.32 Å². The Bertz CT molecular complexity index is 770. The number of rotatable bonds is 6. The third-order valence-electron chi connectivity index (χ3n) is 3.41. The van der Waals surface area contributed by atoms with Crippen LogP contribution in [0, 0.1) is 0 Å². The minimum atomic E-state index is 0.654. The van der Waals surface area contributed by atoms with Crippen LogP contribution in [0.15, 0.2) is 36.7 Å². The molecular formula is C17H19N5S. The molecule has 3 rings (SSSR count). The lowest BCUT2D eigenvalue weighted by Gasteiger charge is -2.08. The molecule has 5 nitrogen and oxygen atoms in total. The summed E-state index contributed by atoms with van der Waals surface area (Å²) < 4.78 is 0. The van der Waals surface area contributed by atoms with E-state index in [4.69, 9.17) is 0 Å². The predicted octanol–water partition coefficient (Wildman–Crippen LogP) is 3.73. The minimum Gasteiger partial charge on any atom is -0.363 e. The first-order valence-electron chi connectivity index (χ1n) is 7.75. The van der Waals surface area contributed by atoms with Gasteiger partial charge in [-0.2, -0.15) is 0 Å². The summed E-state index contributed by atoms with van der Waals surface area (Å²) in [6.45, 7) is 4.90. The molecule has 0 aromatic carbocycles. The Kier molecular flexibility index (Phi) is 4.92. The van der Waals surface area contributed by atoms with Gasteiger partial charge in [-0.3, -0.25) is 4.98 Å². The number of aryl methyl sites for hydroxylation is 2. The predicted molar refractivity (Wildman–Crippen MR) is 93.5 cm³/mol. The van der Waals surface area contributed by atoms with Crippen LogP contribution >= 0.6 is 11.3 Å². The molecule has 0 atom stereocenters. The number of nitrogens with zero attached hydrogens (tertiary/aromatic N) is 4. The van der Waals surface area contributed by atoms with Crippen LogP contribution in [0.2, 0.25) is 0 Å². The highest BCUT2D eigenvalue weighted by atomic mass is 32.1. The van der Waals surface area contributed by atoms with E-state index in [2.05, 4.69) is 39.1 Å². The average Bonchev–Trinajstić information content (AvgIpc) is 3.08. The highest BCUT2D eigenvalue weighted by molar-refractivity contribution is 7.11. The van der Waals surface area contributed by atoms with Crippen molar-refractivity contribution in [1.82, 2.24) is 19.9 Å². The summed E-state index contributed by atoms with van der Waals surface area (Å²) in [5.41, 5.74) is 1.78. The zero-order valence-corrected chi connectivity index (χ0v) is 14.1. The van der Waals surface area contributed by atoms with Crippen molar-refractivity contribution in [1.29, 1.82) is 0 Å². The summed E-state index contributed by atoms with van der Waals surface area (Å²) in [4.78, 5) is 19.2. The van der Waals surface area contributed by atoms with Gasteiger partial charge in [0.25, 0.3) is 0 Å². The molecule has 0 aliphatic heterocycles. The number of nitrogens with one attached hydrogen (secondary N) is 1. The maximum absolute atomic E-state index is 4.59. The highest BCUT2D eigenvalue weighted by Gasteiger charge is 2.08. The standard InChI is InChI=1S/C17H19N5S/c1-3-12-9-15(19-11-16-20-10-13(4-2)23-16)22-17(21-12)14-7-5-6-8-18-14/h5-10H,3-4,11H2,1-2H3,(H,19,21,22). The lowest BCUT2D eigenvalue weighted by Crippen LogP contribution is -2.05. The Hall–Kier alpha value is -2.34. The third kappa shape index (κ3) is 3.90. The minimum absolute atomic E-state index is 0.654. The van der Waals surface area contributed by atoms with Crippen molar-refractivity contribution in [2.24, 2.45) is 0 Å². The van der Waals surface area contributed by atoms with Crippen molar-refractivity contribution in [2.45, 2.75) is 33.2 Å². The lowest BCUT2D eigenvalue weighted by atomic mass is 10.3. The summed E-state index contributed by atoms with van der Waals surface area (Å²) >= 11 is 1.73. The quantitative estimate of drug-likeness (QED) is 0.748. The first kappa shape index (κ1) is 15.6. The monoisotopic (exact) mass is 325 g/mol. The molecule has 1 N–H and O–H groups in total. The van der Waals surface area contributed by atoms with Crippen molar-refractivity contribution < 1.29 is 0 Å². The van der Waals surface area contributed by atoms with Gasteiger partial charge in [0.1, 0.15) is 16.5 Å². The zero-order chi connectivity index (χ0) is 16.1. The Morgan fingerprint density at radius 2 is 2.00 bits per heavy atom. The average molecular weight is 325 g/mol. The number of thiazole rings is 1. The lowest BCUT2D eigenvalue weighted by molar-refractivity contribution is 0.984. The fourth-order valence-electron chi connectivity index (χ4n) is 2.14. The Balaban J connectivity index is 1.81. The van der Waals surface area contributed by atoms with E-state index in [1.54, 1.807) is 17.5 Å². The first-order chi connectivity index (χ1) is 11.3. The second kappa shape index (κ2) is 7.28. The van der Waals surface area contributed by atoms with E-state index in [0.717, 1.165) is 35.1 Å². The van der Waals surface area contributed by atoms with Gasteiger partial charge in [-0.1, -0.05) is 19.9 Å². The largest absolute Gasteiger partial charge is 0.363 e. The normalized spacial score (nSPS) is 10.7. The van der Waals surface area contributed by atoms with E-state index in [-0.39, 0.29) is 0 Å². The number of aromatic nitrogens is 4. The fourth-order valence-corrected chi connectivity index (χ4v) is 2.94. The van der Waals surface area contributed by atoms with E-state index in [1.165, 1.54) is 4.88 Å². The molecule has 0 amide bonds. The Labute approximate surface area is 139 Å².